The summed E-state index contributed by atoms with van der Waals surface area (Å²) in [6, 6.07) is 7.50. The van der Waals surface area contributed by atoms with E-state index in [0.29, 0.717) is 25.1 Å². The first-order chi connectivity index (χ1) is 8.60. The van der Waals surface area contributed by atoms with Gasteiger partial charge >= 0.3 is 0 Å². The van der Waals surface area contributed by atoms with E-state index in [1.54, 1.807) is 11.0 Å². The summed E-state index contributed by atoms with van der Waals surface area (Å²) in [7, 11) is 0. The van der Waals surface area contributed by atoms with E-state index in [0.717, 1.165) is 5.56 Å². The van der Waals surface area contributed by atoms with Crippen molar-refractivity contribution in [2.45, 2.75) is 32.9 Å². The average molecular weight is 250 g/mol. The molecule has 0 saturated heterocycles. The Balaban J connectivity index is 2.87. The van der Waals surface area contributed by atoms with Gasteiger partial charge in [-0.1, -0.05) is 12.1 Å². The minimum atomic E-state index is -0.00579. The van der Waals surface area contributed by atoms with Gasteiger partial charge in [0.15, 0.2) is 0 Å². The largest absolute Gasteiger partial charge is 0.396 e. The average Bonchev–Trinajstić information content (AvgIpc) is 2.38. The van der Waals surface area contributed by atoms with Crippen molar-refractivity contribution >= 4 is 5.91 Å². The number of nitrogens with two attached hydrogens (primary N) is 1. The second-order valence-electron chi connectivity index (χ2n) is 4.57. The molecule has 4 nitrogen and oxygen atoms in total. The molecular formula is C14H22N2O2. The smallest absolute Gasteiger partial charge is 0.254 e. The van der Waals surface area contributed by atoms with Crippen LogP contribution < -0.4 is 5.73 Å². The molecule has 0 aliphatic rings. The Hall–Kier alpha value is -1.39. The molecule has 0 spiro atoms. The molecule has 3 N–H and O–H groups in total. The minimum Gasteiger partial charge on any atom is -0.396 e. The molecule has 0 saturated carbocycles. The molecule has 18 heavy (non-hydrogen) atoms. The molecule has 0 heterocycles. The van der Waals surface area contributed by atoms with E-state index in [-0.39, 0.29) is 18.6 Å². The number of rotatable bonds is 6. The van der Waals surface area contributed by atoms with Crippen molar-refractivity contribution in [3.63, 3.8) is 0 Å². The Bertz CT molecular complexity index is 391. The number of amides is 1. The summed E-state index contributed by atoms with van der Waals surface area (Å²) in [5.74, 6) is -0.00579. The number of nitrogens with zero attached hydrogens (tertiary/aromatic N) is 1. The molecule has 0 radical (unpaired) electrons. The highest BCUT2D eigenvalue weighted by molar-refractivity contribution is 5.94. The van der Waals surface area contributed by atoms with Crippen LogP contribution in [0.15, 0.2) is 24.3 Å². The zero-order valence-corrected chi connectivity index (χ0v) is 11.1. The zero-order chi connectivity index (χ0) is 13.5. The van der Waals surface area contributed by atoms with Crippen molar-refractivity contribution < 1.29 is 9.90 Å². The second-order valence-corrected chi connectivity index (χ2v) is 4.57. The molecule has 1 aromatic carbocycles. The van der Waals surface area contributed by atoms with Gasteiger partial charge in [-0.2, -0.15) is 0 Å². The predicted molar refractivity (Wildman–Crippen MR) is 72.2 cm³/mol. The van der Waals surface area contributed by atoms with Gasteiger partial charge in [0.2, 0.25) is 0 Å². The van der Waals surface area contributed by atoms with Crippen LogP contribution in [0.4, 0.5) is 0 Å². The van der Waals surface area contributed by atoms with Crippen LogP contribution in [0, 0.1) is 0 Å². The molecule has 4 heteroatoms. The topological polar surface area (TPSA) is 66.6 Å². The SMILES string of the molecule is CC(C)N(CCCO)C(=O)c1cccc(CN)c1. The van der Waals surface area contributed by atoms with Crippen molar-refractivity contribution in [3.8, 4) is 0 Å². The van der Waals surface area contributed by atoms with E-state index in [2.05, 4.69) is 0 Å². The number of hydrogen-bond acceptors (Lipinski definition) is 3. The quantitative estimate of drug-likeness (QED) is 0.801. The van der Waals surface area contributed by atoms with Crippen molar-refractivity contribution in [2.75, 3.05) is 13.2 Å². The Morgan fingerprint density at radius 2 is 2.17 bits per heavy atom. The highest BCUT2D eigenvalue weighted by Gasteiger charge is 2.18. The molecule has 0 aliphatic heterocycles. The molecule has 100 valence electrons. The van der Waals surface area contributed by atoms with Crippen LogP contribution in [0.25, 0.3) is 0 Å². The first-order valence-electron chi connectivity index (χ1n) is 6.31. The van der Waals surface area contributed by atoms with E-state index in [1.165, 1.54) is 0 Å². The lowest BCUT2D eigenvalue weighted by atomic mass is 10.1. The van der Waals surface area contributed by atoms with Gasteiger partial charge in [0.05, 0.1) is 0 Å². The van der Waals surface area contributed by atoms with Crippen molar-refractivity contribution in [2.24, 2.45) is 5.73 Å². The summed E-state index contributed by atoms with van der Waals surface area (Å²) < 4.78 is 0. The van der Waals surface area contributed by atoms with E-state index >= 15 is 0 Å². The fraction of sp³-hybridized carbons (Fsp3) is 0.500. The summed E-state index contributed by atoms with van der Waals surface area (Å²) in [5.41, 5.74) is 7.18. The number of benzene rings is 1. The summed E-state index contributed by atoms with van der Waals surface area (Å²) in [6.45, 7) is 5.04. The third-order valence-electron chi connectivity index (χ3n) is 2.85. The Kier molecular flexibility index (Phi) is 5.82. The van der Waals surface area contributed by atoms with Gasteiger partial charge in [-0.3, -0.25) is 4.79 Å². The lowest BCUT2D eigenvalue weighted by molar-refractivity contribution is 0.0693. The predicted octanol–water partition coefficient (Wildman–Crippen LogP) is 1.38. The molecule has 1 aromatic rings. The number of aliphatic hydroxyl groups excluding tert-OH is 1. The highest BCUT2D eigenvalue weighted by atomic mass is 16.3. The lowest BCUT2D eigenvalue weighted by Gasteiger charge is -2.26. The lowest BCUT2D eigenvalue weighted by Crippen LogP contribution is -2.38. The van der Waals surface area contributed by atoms with Gasteiger partial charge in [0, 0.05) is 31.3 Å². The van der Waals surface area contributed by atoms with E-state index in [1.807, 2.05) is 32.0 Å². The summed E-state index contributed by atoms with van der Waals surface area (Å²) in [4.78, 5) is 14.1. The van der Waals surface area contributed by atoms with Crippen molar-refractivity contribution in [1.29, 1.82) is 0 Å². The number of hydrogen-bond donors (Lipinski definition) is 2. The monoisotopic (exact) mass is 250 g/mol. The standard InChI is InChI=1S/C14H22N2O2/c1-11(2)16(7-4-8-17)14(18)13-6-3-5-12(9-13)10-15/h3,5-6,9,11,17H,4,7-8,10,15H2,1-2H3. The number of carbonyl (C=O) groups is 1. The van der Waals surface area contributed by atoms with Crippen LogP contribution in [0.5, 0.6) is 0 Å². The summed E-state index contributed by atoms with van der Waals surface area (Å²) in [6.07, 6.45) is 0.598. The van der Waals surface area contributed by atoms with Crippen LogP contribution in [0.2, 0.25) is 0 Å². The van der Waals surface area contributed by atoms with E-state index in [9.17, 15) is 4.79 Å². The van der Waals surface area contributed by atoms with Crippen LogP contribution in [0.3, 0.4) is 0 Å². The molecular weight excluding hydrogens is 228 g/mol. The third kappa shape index (κ3) is 3.82. The maximum atomic E-state index is 12.4. The minimum absolute atomic E-state index is 0.00579. The summed E-state index contributed by atoms with van der Waals surface area (Å²) in [5, 5.41) is 8.88. The van der Waals surface area contributed by atoms with Crippen molar-refractivity contribution in [1.82, 2.24) is 4.90 Å². The zero-order valence-electron chi connectivity index (χ0n) is 11.1. The van der Waals surface area contributed by atoms with Gasteiger partial charge in [-0.05, 0) is 38.0 Å². The van der Waals surface area contributed by atoms with Gasteiger partial charge in [0.25, 0.3) is 5.91 Å². The van der Waals surface area contributed by atoms with Crippen molar-refractivity contribution in [3.05, 3.63) is 35.4 Å². The first-order valence-corrected chi connectivity index (χ1v) is 6.31. The second kappa shape index (κ2) is 7.13. The van der Waals surface area contributed by atoms with Gasteiger partial charge in [-0.15, -0.1) is 0 Å². The van der Waals surface area contributed by atoms with Crippen LogP contribution in [-0.4, -0.2) is 35.1 Å². The highest BCUT2D eigenvalue weighted by Crippen LogP contribution is 2.11. The first kappa shape index (κ1) is 14.7. The molecule has 0 unspecified atom stereocenters. The maximum absolute atomic E-state index is 12.4. The van der Waals surface area contributed by atoms with Gasteiger partial charge < -0.3 is 15.7 Å². The molecule has 1 amide bonds. The molecule has 0 atom stereocenters. The number of carbonyl (C=O) groups excluding carboxylic acids is 1. The fourth-order valence-electron chi connectivity index (χ4n) is 1.83. The van der Waals surface area contributed by atoms with Crippen LogP contribution >= 0.6 is 0 Å². The number of aliphatic hydroxyl groups is 1. The molecule has 0 aliphatic carbocycles. The van der Waals surface area contributed by atoms with Crippen LogP contribution in [0.1, 0.15) is 36.2 Å². The third-order valence-corrected chi connectivity index (χ3v) is 2.85. The Labute approximate surface area is 108 Å². The van der Waals surface area contributed by atoms with Gasteiger partial charge in [-0.25, -0.2) is 0 Å². The van der Waals surface area contributed by atoms with Gasteiger partial charge in [0.1, 0.15) is 0 Å². The Morgan fingerprint density at radius 1 is 1.44 bits per heavy atom. The van der Waals surface area contributed by atoms with E-state index in [4.69, 9.17) is 10.8 Å². The molecule has 0 fully saturated rings. The van der Waals surface area contributed by atoms with Crippen LogP contribution in [-0.2, 0) is 6.54 Å². The maximum Gasteiger partial charge on any atom is 0.254 e. The molecule has 0 bridgehead atoms. The normalized spacial score (nSPS) is 10.7. The van der Waals surface area contributed by atoms with E-state index < -0.39 is 0 Å². The Morgan fingerprint density at radius 3 is 2.72 bits per heavy atom. The fourth-order valence-corrected chi connectivity index (χ4v) is 1.83. The molecule has 0 aromatic heterocycles. The molecule has 1 rings (SSSR count). The summed E-state index contributed by atoms with van der Waals surface area (Å²) >= 11 is 0.